The lowest BCUT2D eigenvalue weighted by atomic mass is 10.2. The van der Waals surface area contributed by atoms with E-state index in [9.17, 15) is 14.4 Å². The molecule has 0 radical (unpaired) electrons. The molecule has 0 aliphatic rings. The molecule has 1 rings (SSSR count). The van der Waals surface area contributed by atoms with Crippen LogP contribution < -0.4 is 15.2 Å². The molecular formula is C18H20N4O6. The van der Waals surface area contributed by atoms with Crippen molar-refractivity contribution in [1.82, 2.24) is 4.90 Å². The van der Waals surface area contributed by atoms with Gasteiger partial charge < -0.3 is 24.8 Å². The quantitative estimate of drug-likeness (QED) is 0.533. The number of nitrogens with two attached hydrogens (primary N) is 1. The second kappa shape index (κ2) is 11.8. The van der Waals surface area contributed by atoms with E-state index >= 15 is 0 Å². The van der Waals surface area contributed by atoms with E-state index in [4.69, 9.17) is 30.5 Å². The summed E-state index contributed by atoms with van der Waals surface area (Å²) in [5, 5.41) is 17.3. The number of ether oxygens (including phenoxy) is 3. The first-order valence-electron chi connectivity index (χ1n) is 8.20. The highest BCUT2D eigenvalue weighted by atomic mass is 16.5. The molecule has 0 aliphatic heterocycles. The van der Waals surface area contributed by atoms with Gasteiger partial charge in [-0.05, 0) is 18.2 Å². The molecule has 0 heterocycles. The summed E-state index contributed by atoms with van der Waals surface area (Å²) < 4.78 is 15.3. The van der Waals surface area contributed by atoms with Gasteiger partial charge in [0.2, 0.25) is 0 Å². The van der Waals surface area contributed by atoms with Crippen LogP contribution in [0.5, 0.6) is 11.5 Å². The molecule has 0 fully saturated rings. The first-order valence-corrected chi connectivity index (χ1v) is 8.20. The summed E-state index contributed by atoms with van der Waals surface area (Å²) in [5.74, 6) is -1.54. The first kappa shape index (κ1) is 22.3. The van der Waals surface area contributed by atoms with Crippen molar-refractivity contribution in [3.63, 3.8) is 0 Å². The Kier molecular flexibility index (Phi) is 9.34. The van der Waals surface area contributed by atoms with Crippen LogP contribution in [0.1, 0.15) is 23.2 Å². The van der Waals surface area contributed by atoms with Crippen LogP contribution in [-0.4, -0.2) is 56.1 Å². The fourth-order valence-corrected chi connectivity index (χ4v) is 2.10. The summed E-state index contributed by atoms with van der Waals surface area (Å²) in [4.78, 5) is 36.4. The Bertz CT molecular complexity index is 778. The van der Waals surface area contributed by atoms with E-state index in [2.05, 4.69) is 0 Å². The SMILES string of the molecule is COc1cc(C(=O)OCC(=O)N(CCC#N)CCC#N)ccc1OCC(N)=O. The van der Waals surface area contributed by atoms with E-state index in [1.54, 1.807) is 0 Å². The third-order valence-electron chi connectivity index (χ3n) is 3.44. The summed E-state index contributed by atoms with van der Waals surface area (Å²) in [6, 6.07) is 7.96. The maximum Gasteiger partial charge on any atom is 0.338 e. The molecular weight excluding hydrogens is 368 g/mol. The molecule has 0 spiro atoms. The number of hydrogen-bond donors (Lipinski definition) is 1. The van der Waals surface area contributed by atoms with Crippen molar-refractivity contribution in [2.45, 2.75) is 12.8 Å². The van der Waals surface area contributed by atoms with Crippen LogP contribution in [0.3, 0.4) is 0 Å². The van der Waals surface area contributed by atoms with Gasteiger partial charge in [0.15, 0.2) is 24.7 Å². The number of rotatable bonds is 11. The minimum atomic E-state index is -0.770. The van der Waals surface area contributed by atoms with Crippen LogP contribution in [0.15, 0.2) is 18.2 Å². The Hall–Kier alpha value is -3.79. The summed E-state index contributed by atoms with van der Waals surface area (Å²) >= 11 is 0. The maximum absolute atomic E-state index is 12.2. The number of methoxy groups -OCH3 is 1. The number of nitrogens with zero attached hydrogens (tertiary/aromatic N) is 3. The molecule has 1 aromatic carbocycles. The molecule has 0 aromatic heterocycles. The van der Waals surface area contributed by atoms with E-state index in [1.165, 1.54) is 30.2 Å². The van der Waals surface area contributed by atoms with Crippen LogP contribution in [0, 0.1) is 22.7 Å². The molecule has 0 aliphatic carbocycles. The number of benzene rings is 1. The molecule has 10 nitrogen and oxygen atoms in total. The Morgan fingerprint density at radius 3 is 2.25 bits per heavy atom. The van der Waals surface area contributed by atoms with Gasteiger partial charge in [-0.3, -0.25) is 9.59 Å². The summed E-state index contributed by atoms with van der Waals surface area (Å²) in [5.41, 5.74) is 5.12. The fourth-order valence-electron chi connectivity index (χ4n) is 2.10. The summed E-state index contributed by atoms with van der Waals surface area (Å²) in [6.45, 7) is -0.587. The van der Waals surface area contributed by atoms with Crippen molar-refractivity contribution in [3.8, 4) is 23.6 Å². The minimum absolute atomic E-state index is 0.106. The van der Waals surface area contributed by atoms with Gasteiger partial charge in [0.25, 0.3) is 11.8 Å². The number of primary amides is 1. The second-order valence-electron chi connectivity index (χ2n) is 5.39. The van der Waals surface area contributed by atoms with Gasteiger partial charge in [0, 0.05) is 13.1 Å². The van der Waals surface area contributed by atoms with Crippen molar-refractivity contribution < 1.29 is 28.6 Å². The van der Waals surface area contributed by atoms with Gasteiger partial charge in [-0.2, -0.15) is 10.5 Å². The Labute approximate surface area is 162 Å². The van der Waals surface area contributed by atoms with Crippen molar-refractivity contribution >= 4 is 17.8 Å². The molecule has 148 valence electrons. The molecule has 10 heteroatoms. The van der Waals surface area contributed by atoms with Crippen LogP contribution in [0.25, 0.3) is 0 Å². The monoisotopic (exact) mass is 388 g/mol. The lowest BCUT2D eigenvalue weighted by Gasteiger charge is -2.20. The van der Waals surface area contributed by atoms with Crippen molar-refractivity contribution in [1.29, 1.82) is 10.5 Å². The fraction of sp³-hybridized carbons (Fsp3) is 0.389. The maximum atomic E-state index is 12.2. The third kappa shape index (κ3) is 7.22. The lowest BCUT2D eigenvalue weighted by molar-refractivity contribution is -0.134. The topological polar surface area (TPSA) is 156 Å². The third-order valence-corrected chi connectivity index (χ3v) is 3.44. The predicted octanol–water partition coefficient (Wildman–Crippen LogP) is 0.372. The van der Waals surface area contributed by atoms with Crippen LogP contribution in [-0.2, 0) is 14.3 Å². The Morgan fingerprint density at radius 2 is 1.71 bits per heavy atom. The molecule has 2 amide bonds. The molecule has 0 atom stereocenters. The summed E-state index contributed by atoms with van der Waals surface area (Å²) in [6.07, 6.45) is 0.212. The molecule has 28 heavy (non-hydrogen) atoms. The van der Waals surface area contributed by atoms with Gasteiger partial charge in [0.05, 0.1) is 37.7 Å². The number of nitriles is 2. The van der Waals surface area contributed by atoms with E-state index in [-0.39, 0.29) is 49.6 Å². The average molecular weight is 388 g/mol. The van der Waals surface area contributed by atoms with Gasteiger partial charge in [-0.1, -0.05) is 0 Å². The van der Waals surface area contributed by atoms with Crippen molar-refractivity contribution in [3.05, 3.63) is 23.8 Å². The standard InChI is InChI=1S/C18H20N4O6/c1-26-15-10-13(4-5-14(15)27-11-16(21)23)18(25)28-12-17(24)22(8-2-6-19)9-3-7-20/h4-5,10H,2-3,8-9,11-12H2,1H3,(H2,21,23). The van der Waals surface area contributed by atoms with Gasteiger partial charge in [-0.15, -0.1) is 0 Å². The van der Waals surface area contributed by atoms with E-state index in [0.717, 1.165) is 0 Å². The number of carbonyl (C=O) groups excluding carboxylic acids is 3. The zero-order valence-electron chi connectivity index (χ0n) is 15.3. The first-order chi connectivity index (χ1) is 13.4. The Balaban J connectivity index is 2.73. The Morgan fingerprint density at radius 1 is 1.07 bits per heavy atom. The zero-order valence-corrected chi connectivity index (χ0v) is 15.3. The van der Waals surface area contributed by atoms with E-state index in [0.29, 0.717) is 0 Å². The van der Waals surface area contributed by atoms with Gasteiger partial charge in [-0.25, -0.2) is 4.79 Å². The predicted molar refractivity (Wildman–Crippen MR) is 95.0 cm³/mol. The lowest BCUT2D eigenvalue weighted by Crippen LogP contribution is -2.36. The second-order valence-corrected chi connectivity index (χ2v) is 5.39. The highest BCUT2D eigenvalue weighted by molar-refractivity contribution is 5.92. The minimum Gasteiger partial charge on any atom is -0.493 e. The average Bonchev–Trinajstić information content (AvgIpc) is 2.70. The number of amides is 2. The zero-order chi connectivity index (χ0) is 20.9. The van der Waals surface area contributed by atoms with Crippen LogP contribution >= 0.6 is 0 Å². The van der Waals surface area contributed by atoms with Crippen molar-refractivity contribution in [2.75, 3.05) is 33.4 Å². The van der Waals surface area contributed by atoms with Crippen LogP contribution in [0.4, 0.5) is 0 Å². The molecule has 0 bridgehead atoms. The highest BCUT2D eigenvalue weighted by Gasteiger charge is 2.18. The molecule has 0 unspecified atom stereocenters. The number of carbonyl (C=O) groups is 3. The molecule has 0 saturated carbocycles. The number of hydrogen-bond acceptors (Lipinski definition) is 8. The van der Waals surface area contributed by atoms with Crippen LogP contribution in [0.2, 0.25) is 0 Å². The molecule has 2 N–H and O–H groups in total. The van der Waals surface area contributed by atoms with Gasteiger partial charge >= 0.3 is 5.97 Å². The molecule has 0 saturated heterocycles. The highest BCUT2D eigenvalue weighted by Crippen LogP contribution is 2.28. The summed E-state index contributed by atoms with van der Waals surface area (Å²) in [7, 11) is 1.35. The molecule has 1 aromatic rings. The smallest absolute Gasteiger partial charge is 0.338 e. The van der Waals surface area contributed by atoms with Crippen molar-refractivity contribution in [2.24, 2.45) is 5.73 Å². The van der Waals surface area contributed by atoms with E-state index < -0.39 is 24.4 Å². The van der Waals surface area contributed by atoms with E-state index in [1.807, 2.05) is 12.1 Å². The number of esters is 1. The normalized spacial score (nSPS) is 9.54. The van der Waals surface area contributed by atoms with Gasteiger partial charge in [0.1, 0.15) is 0 Å². The largest absolute Gasteiger partial charge is 0.493 e.